The highest BCUT2D eigenvalue weighted by atomic mass is 32.2. The zero-order chi connectivity index (χ0) is 12.4. The lowest BCUT2D eigenvalue weighted by Crippen LogP contribution is -2.41. The summed E-state index contributed by atoms with van der Waals surface area (Å²) in [5.74, 6) is 0. The van der Waals surface area contributed by atoms with Crippen molar-refractivity contribution in [2.45, 2.75) is 32.1 Å². The van der Waals surface area contributed by atoms with Gasteiger partial charge in [0, 0.05) is 30.4 Å². The highest BCUT2D eigenvalue weighted by Crippen LogP contribution is 2.15. The number of aryl methyl sites for hydroxylation is 1. The fraction of sp³-hybridized carbons (Fsp3) is 0.700. The van der Waals surface area contributed by atoms with Crippen molar-refractivity contribution in [2.24, 2.45) is 0 Å². The van der Waals surface area contributed by atoms with Crippen LogP contribution in [-0.2, 0) is 16.4 Å². The standard InChI is InChI=1S/C10H18N2O2S2/c1-8-12-6-9(15-8)5-11-7-10(2,3)16(4,13)14/h6,11H,5,7H2,1-4H3. The van der Waals surface area contributed by atoms with E-state index in [0.717, 1.165) is 9.88 Å². The molecule has 0 saturated carbocycles. The van der Waals surface area contributed by atoms with Crippen LogP contribution in [0.2, 0.25) is 0 Å². The maximum atomic E-state index is 11.4. The number of thiazole rings is 1. The van der Waals surface area contributed by atoms with Crippen molar-refractivity contribution < 1.29 is 8.42 Å². The van der Waals surface area contributed by atoms with Gasteiger partial charge in [0.25, 0.3) is 0 Å². The molecule has 1 N–H and O–H groups in total. The van der Waals surface area contributed by atoms with Crippen LogP contribution >= 0.6 is 11.3 Å². The summed E-state index contributed by atoms with van der Waals surface area (Å²) in [5.41, 5.74) is 0. The quantitative estimate of drug-likeness (QED) is 0.870. The lowest BCUT2D eigenvalue weighted by molar-refractivity contribution is 0.522. The minimum Gasteiger partial charge on any atom is -0.310 e. The first-order chi connectivity index (χ1) is 7.22. The third kappa shape index (κ3) is 3.54. The van der Waals surface area contributed by atoms with Gasteiger partial charge >= 0.3 is 0 Å². The van der Waals surface area contributed by atoms with Crippen molar-refractivity contribution in [1.82, 2.24) is 10.3 Å². The minimum absolute atomic E-state index is 0.447. The molecule has 0 saturated heterocycles. The van der Waals surface area contributed by atoms with Crippen LogP contribution in [0.1, 0.15) is 23.7 Å². The predicted molar refractivity (Wildman–Crippen MR) is 67.5 cm³/mol. The lowest BCUT2D eigenvalue weighted by atomic mass is 10.2. The Hall–Kier alpha value is -0.460. The van der Waals surface area contributed by atoms with E-state index in [9.17, 15) is 8.42 Å². The topological polar surface area (TPSA) is 59.1 Å². The molecule has 92 valence electrons. The molecule has 0 unspecified atom stereocenters. The number of nitrogens with one attached hydrogen (secondary N) is 1. The Morgan fingerprint density at radius 1 is 1.50 bits per heavy atom. The molecule has 4 nitrogen and oxygen atoms in total. The van der Waals surface area contributed by atoms with Crippen molar-refractivity contribution in [1.29, 1.82) is 0 Å². The van der Waals surface area contributed by atoms with E-state index in [1.54, 1.807) is 25.2 Å². The first-order valence-electron chi connectivity index (χ1n) is 5.04. The van der Waals surface area contributed by atoms with Crippen LogP contribution in [0.15, 0.2) is 6.20 Å². The molecule has 1 aromatic heterocycles. The molecule has 1 heterocycles. The van der Waals surface area contributed by atoms with Gasteiger partial charge < -0.3 is 5.32 Å². The molecule has 0 fully saturated rings. The number of sulfone groups is 1. The van der Waals surface area contributed by atoms with Gasteiger partial charge in [-0.3, -0.25) is 0 Å². The highest BCUT2D eigenvalue weighted by Gasteiger charge is 2.29. The van der Waals surface area contributed by atoms with Crippen molar-refractivity contribution >= 4 is 21.2 Å². The molecule has 0 spiro atoms. The van der Waals surface area contributed by atoms with E-state index in [0.29, 0.717) is 13.1 Å². The zero-order valence-electron chi connectivity index (χ0n) is 10.1. The fourth-order valence-corrected chi connectivity index (χ4v) is 2.23. The summed E-state index contributed by atoms with van der Waals surface area (Å²) in [6, 6.07) is 0. The monoisotopic (exact) mass is 262 g/mol. The molecule has 0 bridgehead atoms. The van der Waals surface area contributed by atoms with E-state index in [-0.39, 0.29) is 0 Å². The largest absolute Gasteiger partial charge is 0.310 e. The van der Waals surface area contributed by atoms with Crippen LogP contribution in [0.5, 0.6) is 0 Å². The van der Waals surface area contributed by atoms with Crippen molar-refractivity contribution in [3.05, 3.63) is 16.1 Å². The Morgan fingerprint density at radius 2 is 2.12 bits per heavy atom. The molecule has 0 aliphatic heterocycles. The Kier molecular flexibility index (Phi) is 4.09. The summed E-state index contributed by atoms with van der Waals surface area (Å²) >= 11 is 1.62. The van der Waals surface area contributed by atoms with Crippen LogP contribution in [0.3, 0.4) is 0 Å². The van der Waals surface area contributed by atoms with E-state index < -0.39 is 14.6 Å². The lowest BCUT2D eigenvalue weighted by Gasteiger charge is -2.22. The van der Waals surface area contributed by atoms with Crippen molar-refractivity contribution in [3.8, 4) is 0 Å². The highest BCUT2D eigenvalue weighted by molar-refractivity contribution is 7.92. The van der Waals surface area contributed by atoms with Crippen LogP contribution in [0.25, 0.3) is 0 Å². The first-order valence-corrected chi connectivity index (χ1v) is 7.75. The van der Waals surface area contributed by atoms with E-state index >= 15 is 0 Å². The van der Waals surface area contributed by atoms with Gasteiger partial charge in [0.2, 0.25) is 0 Å². The maximum Gasteiger partial charge on any atom is 0.153 e. The molecule has 0 aliphatic carbocycles. The van der Waals surface area contributed by atoms with Gasteiger partial charge in [0.1, 0.15) is 0 Å². The average Bonchev–Trinajstić information content (AvgIpc) is 2.49. The van der Waals surface area contributed by atoms with Gasteiger partial charge in [-0.1, -0.05) is 0 Å². The molecule has 16 heavy (non-hydrogen) atoms. The summed E-state index contributed by atoms with van der Waals surface area (Å²) in [4.78, 5) is 5.27. The SMILES string of the molecule is Cc1ncc(CNCC(C)(C)S(C)(=O)=O)s1. The summed E-state index contributed by atoms with van der Waals surface area (Å²) in [6.07, 6.45) is 3.09. The normalized spacial score (nSPS) is 13.0. The van der Waals surface area contributed by atoms with Crippen LogP contribution < -0.4 is 5.32 Å². The van der Waals surface area contributed by atoms with Gasteiger partial charge in [0.05, 0.1) is 9.75 Å². The molecule has 1 rings (SSSR count). The molecular formula is C10H18N2O2S2. The van der Waals surface area contributed by atoms with Gasteiger partial charge in [-0.05, 0) is 20.8 Å². The van der Waals surface area contributed by atoms with Gasteiger partial charge in [-0.2, -0.15) is 0 Å². The first kappa shape index (κ1) is 13.6. The van der Waals surface area contributed by atoms with Crippen molar-refractivity contribution in [2.75, 3.05) is 12.8 Å². The molecule has 6 heteroatoms. The van der Waals surface area contributed by atoms with Gasteiger partial charge in [0.15, 0.2) is 9.84 Å². The predicted octanol–water partition coefficient (Wildman–Crippen LogP) is 1.36. The molecule has 0 aliphatic rings. The molecule has 0 amide bonds. The summed E-state index contributed by atoms with van der Waals surface area (Å²) in [5, 5.41) is 4.18. The molecule has 0 atom stereocenters. The van der Waals surface area contributed by atoms with Gasteiger partial charge in [-0.25, -0.2) is 13.4 Å². The van der Waals surface area contributed by atoms with E-state index in [1.807, 2.05) is 13.1 Å². The molecular weight excluding hydrogens is 244 g/mol. The maximum absolute atomic E-state index is 11.4. The minimum atomic E-state index is -3.03. The number of hydrogen-bond donors (Lipinski definition) is 1. The smallest absolute Gasteiger partial charge is 0.153 e. The van der Waals surface area contributed by atoms with Crippen molar-refractivity contribution in [3.63, 3.8) is 0 Å². The van der Waals surface area contributed by atoms with Crippen LogP contribution in [0.4, 0.5) is 0 Å². The van der Waals surface area contributed by atoms with E-state index in [2.05, 4.69) is 10.3 Å². The molecule has 0 radical (unpaired) electrons. The van der Waals surface area contributed by atoms with Crippen LogP contribution in [0, 0.1) is 6.92 Å². The average molecular weight is 262 g/mol. The van der Waals surface area contributed by atoms with E-state index in [1.165, 1.54) is 6.26 Å². The second-order valence-electron chi connectivity index (χ2n) is 4.48. The van der Waals surface area contributed by atoms with Gasteiger partial charge in [-0.15, -0.1) is 11.3 Å². The molecule has 1 aromatic rings. The number of aromatic nitrogens is 1. The zero-order valence-corrected chi connectivity index (χ0v) is 11.7. The van der Waals surface area contributed by atoms with E-state index in [4.69, 9.17) is 0 Å². The fourth-order valence-electron chi connectivity index (χ4n) is 1.10. The number of hydrogen-bond acceptors (Lipinski definition) is 5. The summed E-state index contributed by atoms with van der Waals surface area (Å²) < 4.78 is 22.2. The number of rotatable bonds is 5. The third-order valence-electron chi connectivity index (χ3n) is 2.52. The van der Waals surface area contributed by atoms with Crippen LogP contribution in [-0.4, -0.2) is 30.9 Å². The Morgan fingerprint density at radius 3 is 2.56 bits per heavy atom. The third-order valence-corrected chi connectivity index (χ3v) is 5.59. The Bertz CT molecular complexity index is 449. The summed E-state index contributed by atoms with van der Waals surface area (Å²) in [7, 11) is -3.03. The second kappa shape index (κ2) is 4.81. The molecule has 0 aromatic carbocycles. The number of nitrogens with zero attached hydrogens (tertiary/aromatic N) is 1. The second-order valence-corrected chi connectivity index (χ2v) is 8.45. The summed E-state index contributed by atoms with van der Waals surface area (Å²) in [6.45, 7) is 6.53. The Labute approximate surface area is 101 Å². The Balaban J connectivity index is 2.48.